The van der Waals surface area contributed by atoms with Crippen molar-refractivity contribution in [2.75, 3.05) is 13.1 Å². The van der Waals surface area contributed by atoms with Crippen LogP contribution in [0.25, 0.3) is 0 Å². The van der Waals surface area contributed by atoms with Crippen LogP contribution in [0.15, 0.2) is 23.1 Å². The van der Waals surface area contributed by atoms with E-state index in [0.717, 1.165) is 24.8 Å². The standard InChI is InChI=1S/C19H24N2O4S/c22-18-7-8-19(23)21(18)16-9-11-20(12-10-16)26(24,25)17-6-5-14-3-1-2-4-15(14)13-17/h5-6,13,16H,1-4,7-12H2. The third-order valence-electron chi connectivity index (χ3n) is 5.84. The molecule has 2 amide bonds. The molecule has 2 aliphatic heterocycles. The van der Waals surface area contributed by atoms with E-state index in [9.17, 15) is 18.0 Å². The van der Waals surface area contributed by atoms with Gasteiger partial charge < -0.3 is 0 Å². The van der Waals surface area contributed by atoms with Gasteiger partial charge in [-0.2, -0.15) is 4.31 Å². The highest BCUT2D eigenvalue weighted by molar-refractivity contribution is 7.89. The fourth-order valence-corrected chi connectivity index (χ4v) is 5.88. The largest absolute Gasteiger partial charge is 0.279 e. The van der Waals surface area contributed by atoms with E-state index >= 15 is 0 Å². The Balaban J connectivity index is 1.48. The van der Waals surface area contributed by atoms with E-state index in [0.29, 0.717) is 30.8 Å². The number of sulfonamides is 1. The molecular weight excluding hydrogens is 352 g/mol. The third-order valence-corrected chi connectivity index (χ3v) is 7.73. The van der Waals surface area contributed by atoms with E-state index in [1.807, 2.05) is 12.1 Å². The number of piperidine rings is 1. The summed E-state index contributed by atoms with van der Waals surface area (Å²) in [5.74, 6) is -0.239. The zero-order valence-corrected chi connectivity index (χ0v) is 15.6. The zero-order chi connectivity index (χ0) is 18.3. The number of rotatable bonds is 3. The maximum atomic E-state index is 13.0. The lowest BCUT2D eigenvalue weighted by Gasteiger charge is -2.35. The van der Waals surface area contributed by atoms with E-state index in [4.69, 9.17) is 0 Å². The molecule has 7 heteroatoms. The maximum absolute atomic E-state index is 13.0. The number of imide groups is 1. The Kier molecular flexibility index (Phi) is 4.61. The molecule has 0 bridgehead atoms. The van der Waals surface area contributed by atoms with Crippen molar-refractivity contribution in [2.24, 2.45) is 0 Å². The van der Waals surface area contributed by atoms with Crippen LogP contribution in [0, 0.1) is 0 Å². The van der Waals surface area contributed by atoms with Crippen LogP contribution in [0.5, 0.6) is 0 Å². The van der Waals surface area contributed by atoms with Crippen molar-refractivity contribution < 1.29 is 18.0 Å². The number of aryl methyl sites for hydroxylation is 2. The smallest absolute Gasteiger partial charge is 0.243 e. The van der Waals surface area contributed by atoms with Gasteiger partial charge in [0, 0.05) is 32.0 Å². The summed E-state index contributed by atoms with van der Waals surface area (Å²) in [5.41, 5.74) is 2.42. The van der Waals surface area contributed by atoms with Crippen LogP contribution in [-0.4, -0.2) is 48.6 Å². The van der Waals surface area contributed by atoms with Gasteiger partial charge in [0.05, 0.1) is 4.90 Å². The van der Waals surface area contributed by atoms with Gasteiger partial charge in [-0.3, -0.25) is 14.5 Å². The average Bonchev–Trinajstić information content (AvgIpc) is 3.00. The lowest BCUT2D eigenvalue weighted by molar-refractivity contribution is -0.141. The average molecular weight is 376 g/mol. The summed E-state index contributed by atoms with van der Waals surface area (Å²) in [6.45, 7) is 0.697. The SMILES string of the molecule is O=C1CCC(=O)N1C1CCN(S(=O)(=O)c2ccc3c(c2)CCCC3)CC1. The van der Waals surface area contributed by atoms with Crippen LogP contribution < -0.4 is 0 Å². The molecule has 0 N–H and O–H groups in total. The van der Waals surface area contributed by atoms with Crippen LogP contribution in [0.1, 0.15) is 49.7 Å². The second-order valence-corrected chi connectivity index (χ2v) is 9.37. The van der Waals surface area contributed by atoms with E-state index in [2.05, 4.69) is 0 Å². The number of hydrogen-bond acceptors (Lipinski definition) is 4. The highest BCUT2D eigenvalue weighted by atomic mass is 32.2. The Labute approximate surface area is 154 Å². The van der Waals surface area contributed by atoms with Gasteiger partial charge in [0.25, 0.3) is 0 Å². The van der Waals surface area contributed by atoms with Gasteiger partial charge in [-0.25, -0.2) is 8.42 Å². The molecule has 2 heterocycles. The van der Waals surface area contributed by atoms with Crippen LogP contribution in [0.2, 0.25) is 0 Å². The van der Waals surface area contributed by atoms with Crippen molar-refractivity contribution in [3.05, 3.63) is 29.3 Å². The van der Waals surface area contributed by atoms with Gasteiger partial charge >= 0.3 is 0 Å². The first-order chi connectivity index (χ1) is 12.5. The molecule has 1 aromatic carbocycles. The highest BCUT2D eigenvalue weighted by Gasteiger charge is 2.38. The van der Waals surface area contributed by atoms with E-state index in [1.165, 1.54) is 21.2 Å². The number of nitrogens with zero attached hydrogens (tertiary/aromatic N) is 2. The number of carbonyl (C=O) groups excluding carboxylic acids is 2. The van der Waals surface area contributed by atoms with Gasteiger partial charge in [0.15, 0.2) is 0 Å². The van der Waals surface area contributed by atoms with Crippen molar-refractivity contribution >= 4 is 21.8 Å². The van der Waals surface area contributed by atoms with Crippen molar-refractivity contribution in [3.8, 4) is 0 Å². The Morgan fingerprint density at radius 2 is 1.46 bits per heavy atom. The van der Waals surface area contributed by atoms with Crippen molar-refractivity contribution in [3.63, 3.8) is 0 Å². The molecule has 4 rings (SSSR count). The molecule has 2 saturated heterocycles. The van der Waals surface area contributed by atoms with Gasteiger partial charge in [-0.15, -0.1) is 0 Å². The first kappa shape index (κ1) is 17.7. The van der Waals surface area contributed by atoms with Crippen molar-refractivity contribution in [2.45, 2.75) is 62.3 Å². The monoisotopic (exact) mass is 376 g/mol. The molecule has 1 aliphatic carbocycles. The molecule has 1 aromatic rings. The number of fused-ring (bicyclic) bond motifs is 1. The van der Waals surface area contributed by atoms with E-state index in [1.54, 1.807) is 6.07 Å². The van der Waals surface area contributed by atoms with Crippen LogP contribution in [0.3, 0.4) is 0 Å². The first-order valence-corrected chi connectivity index (χ1v) is 10.9. The number of amides is 2. The second-order valence-electron chi connectivity index (χ2n) is 7.43. The van der Waals surface area contributed by atoms with Gasteiger partial charge in [0.1, 0.15) is 0 Å². The molecule has 0 atom stereocenters. The summed E-state index contributed by atoms with van der Waals surface area (Å²) >= 11 is 0. The normalized spacial score (nSPS) is 22.7. The fraction of sp³-hybridized carbons (Fsp3) is 0.579. The predicted octanol–water partition coefficient (Wildman–Crippen LogP) is 1.87. The molecule has 0 spiro atoms. The van der Waals surface area contributed by atoms with Crippen molar-refractivity contribution in [1.29, 1.82) is 0 Å². The minimum absolute atomic E-state index is 0.119. The molecule has 0 radical (unpaired) electrons. The second kappa shape index (κ2) is 6.78. The Morgan fingerprint density at radius 3 is 2.12 bits per heavy atom. The number of likely N-dealkylation sites (tertiary alicyclic amines) is 1. The summed E-state index contributed by atoms with van der Waals surface area (Å²) in [6.07, 6.45) is 5.85. The lowest BCUT2D eigenvalue weighted by atomic mass is 9.92. The number of benzene rings is 1. The number of hydrogen-bond donors (Lipinski definition) is 0. The molecule has 140 valence electrons. The van der Waals surface area contributed by atoms with E-state index < -0.39 is 10.0 Å². The summed E-state index contributed by atoms with van der Waals surface area (Å²) in [4.78, 5) is 25.5. The van der Waals surface area contributed by atoms with Crippen LogP contribution >= 0.6 is 0 Å². The predicted molar refractivity (Wildman–Crippen MR) is 96.0 cm³/mol. The van der Waals surface area contributed by atoms with E-state index in [-0.39, 0.29) is 30.7 Å². The fourth-order valence-electron chi connectivity index (χ4n) is 4.36. The Hall–Kier alpha value is -1.73. The molecule has 6 nitrogen and oxygen atoms in total. The molecule has 26 heavy (non-hydrogen) atoms. The third kappa shape index (κ3) is 3.07. The summed E-state index contributed by atoms with van der Waals surface area (Å²) in [7, 11) is -3.52. The topological polar surface area (TPSA) is 74.8 Å². The van der Waals surface area contributed by atoms with Crippen molar-refractivity contribution in [1.82, 2.24) is 9.21 Å². The van der Waals surface area contributed by atoms with Gasteiger partial charge in [-0.1, -0.05) is 6.07 Å². The Morgan fingerprint density at radius 1 is 0.846 bits per heavy atom. The van der Waals surface area contributed by atoms with Crippen LogP contribution in [0.4, 0.5) is 0 Å². The lowest BCUT2D eigenvalue weighted by Crippen LogP contribution is -2.48. The molecular formula is C19H24N2O4S. The van der Waals surface area contributed by atoms with Gasteiger partial charge in [0.2, 0.25) is 21.8 Å². The van der Waals surface area contributed by atoms with Crippen LogP contribution in [-0.2, 0) is 32.5 Å². The Bertz CT molecular complexity index is 825. The minimum atomic E-state index is -3.52. The molecule has 0 unspecified atom stereocenters. The van der Waals surface area contributed by atoms with Gasteiger partial charge in [-0.05, 0) is 61.8 Å². The summed E-state index contributed by atoms with van der Waals surface area (Å²) < 4.78 is 27.5. The first-order valence-electron chi connectivity index (χ1n) is 9.43. The molecule has 2 fully saturated rings. The minimum Gasteiger partial charge on any atom is -0.279 e. The zero-order valence-electron chi connectivity index (χ0n) is 14.8. The number of carbonyl (C=O) groups is 2. The quantitative estimate of drug-likeness (QED) is 0.755. The maximum Gasteiger partial charge on any atom is 0.243 e. The summed E-state index contributed by atoms with van der Waals surface area (Å²) in [5, 5.41) is 0. The molecule has 3 aliphatic rings. The molecule has 0 saturated carbocycles. The summed E-state index contributed by atoms with van der Waals surface area (Å²) in [6, 6.07) is 5.35. The molecule has 0 aromatic heterocycles. The highest BCUT2D eigenvalue weighted by Crippen LogP contribution is 2.29.